The Morgan fingerprint density at radius 1 is 1.64 bits per heavy atom. The third kappa shape index (κ3) is 2.88. The van der Waals surface area contributed by atoms with Crippen LogP contribution in [0.2, 0.25) is 0 Å². The number of carbonyl (C=O) groups excluding carboxylic acids is 1. The Morgan fingerprint density at radius 2 is 2.36 bits per heavy atom. The van der Waals surface area contributed by atoms with Gasteiger partial charge >= 0.3 is 0 Å². The highest BCUT2D eigenvalue weighted by molar-refractivity contribution is 6.18. The summed E-state index contributed by atoms with van der Waals surface area (Å²) in [5.41, 5.74) is -0.0503. The molecule has 1 amide bonds. The third-order valence-corrected chi connectivity index (χ3v) is 2.08. The van der Waals surface area contributed by atoms with E-state index in [-0.39, 0.29) is 23.2 Å². The lowest BCUT2D eigenvalue weighted by Gasteiger charge is -2.09. The van der Waals surface area contributed by atoms with Crippen LogP contribution in [0, 0.1) is 0 Å². The molecule has 1 aromatic heterocycles. The largest absolute Gasteiger partial charge is 0.347 e. The first kappa shape index (κ1) is 10.8. The van der Waals surface area contributed by atoms with E-state index in [1.54, 1.807) is 6.92 Å². The van der Waals surface area contributed by atoms with Crippen molar-refractivity contribution in [1.29, 1.82) is 0 Å². The van der Waals surface area contributed by atoms with E-state index < -0.39 is 0 Å². The number of carbonyl (C=O) groups is 1. The fraction of sp³-hybridized carbons (Fsp3) is 0.333. The van der Waals surface area contributed by atoms with Crippen LogP contribution >= 0.6 is 11.6 Å². The Hall–Kier alpha value is -1.29. The summed E-state index contributed by atoms with van der Waals surface area (Å²) in [5, 5.41) is 2.63. The van der Waals surface area contributed by atoms with Gasteiger partial charge in [0.15, 0.2) is 0 Å². The summed E-state index contributed by atoms with van der Waals surface area (Å²) in [7, 11) is 0. The summed E-state index contributed by atoms with van der Waals surface area (Å²) in [5.74, 6) is 0.0128. The fourth-order valence-corrected chi connectivity index (χ4v) is 0.998. The van der Waals surface area contributed by atoms with E-state index in [0.29, 0.717) is 5.88 Å². The van der Waals surface area contributed by atoms with Gasteiger partial charge in [-0.05, 0) is 13.0 Å². The predicted molar refractivity (Wildman–Crippen MR) is 54.7 cm³/mol. The molecule has 0 saturated carbocycles. The van der Waals surface area contributed by atoms with Gasteiger partial charge in [0, 0.05) is 18.0 Å². The van der Waals surface area contributed by atoms with Gasteiger partial charge in [0.05, 0.1) is 0 Å². The van der Waals surface area contributed by atoms with Crippen LogP contribution in [0.15, 0.2) is 23.0 Å². The Labute approximate surface area is 86.3 Å². The quantitative estimate of drug-likeness (QED) is 0.729. The second-order valence-corrected chi connectivity index (χ2v) is 3.27. The molecule has 0 fully saturated rings. The lowest BCUT2D eigenvalue weighted by atomic mass is 10.3. The molecule has 1 unspecified atom stereocenters. The Morgan fingerprint density at radius 3 is 2.93 bits per heavy atom. The molecular formula is C9H11ClN2O2. The van der Waals surface area contributed by atoms with Crippen LogP contribution in [0.3, 0.4) is 0 Å². The number of aromatic nitrogens is 1. The highest BCUT2D eigenvalue weighted by atomic mass is 35.5. The third-order valence-electron chi connectivity index (χ3n) is 1.62. The predicted octanol–water partition coefficient (Wildman–Crippen LogP) is 0.732. The molecule has 0 radical (unpaired) electrons. The van der Waals surface area contributed by atoms with Crippen molar-refractivity contribution in [3.05, 3.63) is 34.2 Å². The van der Waals surface area contributed by atoms with Crippen molar-refractivity contribution in [2.24, 2.45) is 0 Å². The number of hydrogen-bond donors (Lipinski definition) is 2. The lowest BCUT2D eigenvalue weighted by molar-refractivity contribution is 0.0938. The van der Waals surface area contributed by atoms with E-state index in [1.807, 2.05) is 0 Å². The molecular weight excluding hydrogens is 204 g/mol. The summed E-state index contributed by atoms with van der Waals surface area (Å²) < 4.78 is 0. The zero-order valence-corrected chi connectivity index (χ0v) is 8.47. The molecule has 0 spiro atoms. The van der Waals surface area contributed by atoms with Crippen LogP contribution in [0.25, 0.3) is 0 Å². The second-order valence-electron chi connectivity index (χ2n) is 2.96. The molecule has 4 nitrogen and oxygen atoms in total. The molecule has 5 heteroatoms. The summed E-state index contributed by atoms with van der Waals surface area (Å²) in [6.07, 6.45) is 0. The van der Waals surface area contributed by atoms with Crippen LogP contribution in [0.1, 0.15) is 17.4 Å². The topological polar surface area (TPSA) is 62.0 Å². The molecule has 1 aromatic rings. The summed E-state index contributed by atoms with van der Waals surface area (Å²) >= 11 is 5.53. The molecule has 0 aliphatic carbocycles. The van der Waals surface area contributed by atoms with Crippen molar-refractivity contribution in [1.82, 2.24) is 10.3 Å². The Kier molecular flexibility index (Phi) is 3.71. The average Bonchev–Trinajstić information content (AvgIpc) is 2.17. The Balaban J connectivity index is 2.75. The van der Waals surface area contributed by atoms with E-state index in [0.717, 1.165) is 0 Å². The highest BCUT2D eigenvalue weighted by Crippen LogP contribution is 1.93. The van der Waals surface area contributed by atoms with E-state index in [4.69, 9.17) is 11.6 Å². The van der Waals surface area contributed by atoms with Crippen LogP contribution in [0.5, 0.6) is 0 Å². The van der Waals surface area contributed by atoms with Crippen molar-refractivity contribution >= 4 is 17.5 Å². The second kappa shape index (κ2) is 4.81. The smallest absolute Gasteiger partial charge is 0.268 e. The molecule has 1 atom stereocenters. The summed E-state index contributed by atoms with van der Waals surface area (Å²) in [6.45, 7) is 1.78. The number of rotatable bonds is 3. The van der Waals surface area contributed by atoms with Gasteiger partial charge in [-0.15, -0.1) is 11.6 Å². The standard InChI is InChI=1S/C9H11ClN2O2/c1-6(5-10)11-9(14)7-3-2-4-8(13)12-7/h2-4,6H,5H2,1H3,(H,11,14)(H,12,13). The minimum atomic E-state index is -0.323. The van der Waals surface area contributed by atoms with Gasteiger partial charge in [-0.25, -0.2) is 0 Å². The molecule has 0 aliphatic heterocycles. The number of aromatic amines is 1. The van der Waals surface area contributed by atoms with E-state index in [2.05, 4.69) is 10.3 Å². The van der Waals surface area contributed by atoms with Crippen molar-refractivity contribution in [2.45, 2.75) is 13.0 Å². The molecule has 2 N–H and O–H groups in total. The first-order valence-corrected chi connectivity index (χ1v) is 4.73. The first-order valence-electron chi connectivity index (χ1n) is 4.19. The summed E-state index contributed by atoms with van der Waals surface area (Å²) in [4.78, 5) is 24.7. The van der Waals surface area contributed by atoms with Gasteiger partial charge in [-0.3, -0.25) is 9.59 Å². The van der Waals surface area contributed by atoms with Gasteiger partial charge in [0.1, 0.15) is 5.69 Å². The molecule has 1 heterocycles. The molecule has 0 aliphatic rings. The molecule has 0 saturated heterocycles. The lowest BCUT2D eigenvalue weighted by Crippen LogP contribution is -2.34. The zero-order valence-electron chi connectivity index (χ0n) is 7.71. The molecule has 76 valence electrons. The number of halogens is 1. The van der Waals surface area contributed by atoms with Crippen molar-refractivity contribution in [3.8, 4) is 0 Å². The monoisotopic (exact) mass is 214 g/mol. The van der Waals surface area contributed by atoms with Crippen LogP contribution < -0.4 is 10.9 Å². The van der Waals surface area contributed by atoms with Crippen LogP contribution in [-0.2, 0) is 0 Å². The number of pyridine rings is 1. The van der Waals surface area contributed by atoms with Crippen LogP contribution in [0.4, 0.5) is 0 Å². The highest BCUT2D eigenvalue weighted by Gasteiger charge is 2.08. The summed E-state index contributed by atoms with van der Waals surface area (Å²) in [6, 6.07) is 4.30. The average molecular weight is 215 g/mol. The van der Waals surface area contributed by atoms with Crippen molar-refractivity contribution in [3.63, 3.8) is 0 Å². The molecule has 1 rings (SSSR count). The maximum absolute atomic E-state index is 11.4. The van der Waals surface area contributed by atoms with E-state index >= 15 is 0 Å². The SMILES string of the molecule is CC(CCl)NC(=O)c1cccc(=O)[nH]1. The van der Waals surface area contributed by atoms with Gasteiger partial charge < -0.3 is 10.3 Å². The van der Waals surface area contributed by atoms with Gasteiger partial charge in [0.25, 0.3) is 5.91 Å². The Bertz CT molecular complexity index is 375. The molecule has 14 heavy (non-hydrogen) atoms. The van der Waals surface area contributed by atoms with E-state index in [9.17, 15) is 9.59 Å². The number of amides is 1. The first-order chi connectivity index (χ1) is 6.63. The van der Waals surface area contributed by atoms with Gasteiger partial charge in [0.2, 0.25) is 5.56 Å². The normalized spacial score (nSPS) is 12.1. The van der Waals surface area contributed by atoms with Crippen molar-refractivity contribution in [2.75, 3.05) is 5.88 Å². The maximum atomic E-state index is 11.4. The number of H-pyrrole nitrogens is 1. The van der Waals surface area contributed by atoms with E-state index in [1.165, 1.54) is 18.2 Å². The van der Waals surface area contributed by atoms with Crippen LogP contribution in [-0.4, -0.2) is 22.8 Å². The maximum Gasteiger partial charge on any atom is 0.268 e. The number of hydrogen-bond acceptors (Lipinski definition) is 2. The van der Waals surface area contributed by atoms with Crippen molar-refractivity contribution < 1.29 is 4.79 Å². The molecule has 0 aromatic carbocycles. The van der Waals surface area contributed by atoms with Gasteiger partial charge in [-0.1, -0.05) is 6.07 Å². The zero-order chi connectivity index (χ0) is 10.6. The minimum Gasteiger partial charge on any atom is -0.347 e. The minimum absolute atomic E-state index is 0.118. The number of alkyl halides is 1. The van der Waals surface area contributed by atoms with Gasteiger partial charge in [-0.2, -0.15) is 0 Å². The number of nitrogens with one attached hydrogen (secondary N) is 2. The molecule has 0 bridgehead atoms. The fourth-order valence-electron chi connectivity index (χ4n) is 0.920.